The predicted octanol–water partition coefficient (Wildman–Crippen LogP) is 15.1. The number of hydrogen-bond donors (Lipinski definition) is 0. The normalized spacial score (nSPS) is 12.1. The summed E-state index contributed by atoms with van der Waals surface area (Å²) in [6.45, 7) is 0. The Kier molecular flexibility index (Phi) is 6.09. The van der Waals surface area contributed by atoms with Crippen molar-refractivity contribution in [2.75, 3.05) is 0 Å². The number of para-hydroxylation sites is 1. The van der Waals surface area contributed by atoms with Crippen molar-refractivity contribution in [2.45, 2.75) is 0 Å². The van der Waals surface area contributed by atoms with E-state index in [9.17, 15) is 0 Å². The number of benzene rings is 10. The Labute approximate surface area is 310 Å². The van der Waals surface area contributed by atoms with Gasteiger partial charge in [0.1, 0.15) is 22.3 Å². The van der Waals surface area contributed by atoms with Gasteiger partial charge in [0.05, 0.1) is 0 Å². The van der Waals surface area contributed by atoms with Crippen molar-refractivity contribution in [3.63, 3.8) is 0 Å². The second-order valence-electron chi connectivity index (χ2n) is 14.3. The first-order valence-electron chi connectivity index (χ1n) is 18.5. The predicted molar refractivity (Wildman–Crippen MR) is 227 cm³/mol. The Morgan fingerprint density at radius 3 is 1.57 bits per heavy atom. The third-order valence-corrected chi connectivity index (χ3v) is 11.4. The molecule has 2 heteroatoms. The van der Waals surface area contributed by atoms with E-state index in [1.54, 1.807) is 0 Å². The van der Waals surface area contributed by atoms with Crippen LogP contribution in [0, 0.1) is 0 Å². The molecular weight excluding hydrogens is 657 g/mol. The number of hydrogen-bond acceptors (Lipinski definition) is 2. The minimum atomic E-state index is 0.858. The highest BCUT2D eigenvalue weighted by Crippen LogP contribution is 2.48. The van der Waals surface area contributed by atoms with Crippen molar-refractivity contribution < 1.29 is 8.83 Å². The Morgan fingerprint density at radius 1 is 0.278 bits per heavy atom. The smallest absolute Gasteiger partial charge is 0.144 e. The van der Waals surface area contributed by atoms with E-state index in [4.69, 9.17) is 8.83 Å². The molecule has 12 aromatic rings. The molecule has 54 heavy (non-hydrogen) atoms. The summed E-state index contributed by atoms with van der Waals surface area (Å²) in [6, 6.07) is 65.5. The van der Waals surface area contributed by atoms with Crippen molar-refractivity contribution in [1.82, 2.24) is 0 Å². The SMILES string of the molecule is c1cc(-c2c3ccccc3c(-c3ccc4ccccc4c3)c3ccccc23)cc(-c2cc3oc4c5ccccc5ccc4c3c3c2oc2ccccc23)c1. The van der Waals surface area contributed by atoms with Gasteiger partial charge in [0.15, 0.2) is 0 Å². The van der Waals surface area contributed by atoms with Crippen LogP contribution in [0.2, 0.25) is 0 Å². The van der Waals surface area contributed by atoms with Gasteiger partial charge < -0.3 is 8.83 Å². The summed E-state index contributed by atoms with van der Waals surface area (Å²) in [7, 11) is 0. The van der Waals surface area contributed by atoms with Gasteiger partial charge in [0.25, 0.3) is 0 Å². The van der Waals surface area contributed by atoms with Gasteiger partial charge in [0.2, 0.25) is 0 Å². The van der Waals surface area contributed by atoms with Crippen molar-refractivity contribution in [3.05, 3.63) is 182 Å². The van der Waals surface area contributed by atoms with Crippen molar-refractivity contribution >= 4 is 87.0 Å². The first-order valence-corrected chi connectivity index (χ1v) is 18.5. The summed E-state index contributed by atoms with van der Waals surface area (Å²) in [5, 5.41) is 14.1. The molecule has 12 rings (SSSR count). The zero-order valence-corrected chi connectivity index (χ0v) is 29.1. The molecule has 0 radical (unpaired) electrons. The maximum Gasteiger partial charge on any atom is 0.144 e. The first-order chi connectivity index (χ1) is 26.8. The summed E-state index contributed by atoms with van der Waals surface area (Å²) in [4.78, 5) is 0. The Morgan fingerprint density at radius 2 is 0.833 bits per heavy atom. The van der Waals surface area contributed by atoms with Crippen molar-refractivity contribution in [3.8, 4) is 33.4 Å². The zero-order valence-electron chi connectivity index (χ0n) is 29.1. The highest BCUT2D eigenvalue weighted by molar-refractivity contribution is 6.30. The van der Waals surface area contributed by atoms with E-state index in [2.05, 4.69) is 176 Å². The Balaban J connectivity index is 1.13. The maximum atomic E-state index is 6.82. The maximum absolute atomic E-state index is 6.82. The van der Waals surface area contributed by atoms with Crippen LogP contribution in [-0.2, 0) is 0 Å². The van der Waals surface area contributed by atoms with E-state index in [0.29, 0.717) is 0 Å². The number of rotatable bonds is 3. The zero-order chi connectivity index (χ0) is 35.3. The summed E-state index contributed by atoms with van der Waals surface area (Å²) in [5.74, 6) is 0. The van der Waals surface area contributed by atoms with Gasteiger partial charge in [-0.3, -0.25) is 0 Å². The van der Waals surface area contributed by atoms with Gasteiger partial charge in [-0.05, 0) is 95.9 Å². The van der Waals surface area contributed by atoms with Crippen LogP contribution < -0.4 is 0 Å². The molecule has 2 aromatic heterocycles. The summed E-state index contributed by atoms with van der Waals surface area (Å²) in [6.07, 6.45) is 0. The second-order valence-corrected chi connectivity index (χ2v) is 14.3. The van der Waals surface area contributed by atoms with Gasteiger partial charge in [-0.2, -0.15) is 0 Å². The second kappa shape index (κ2) is 11.2. The number of fused-ring (bicyclic) bond motifs is 12. The molecule has 0 saturated heterocycles. The molecule has 0 saturated carbocycles. The van der Waals surface area contributed by atoms with Gasteiger partial charge in [-0.1, -0.05) is 152 Å². The van der Waals surface area contributed by atoms with Crippen molar-refractivity contribution in [2.24, 2.45) is 0 Å². The highest BCUT2D eigenvalue weighted by Gasteiger charge is 2.23. The van der Waals surface area contributed by atoms with Crippen LogP contribution in [0.4, 0.5) is 0 Å². The summed E-state index contributed by atoms with van der Waals surface area (Å²) < 4.78 is 13.6. The van der Waals surface area contributed by atoms with Crippen LogP contribution in [0.5, 0.6) is 0 Å². The lowest BCUT2D eigenvalue weighted by Crippen LogP contribution is -1.91. The summed E-state index contributed by atoms with van der Waals surface area (Å²) in [5.41, 5.74) is 10.5. The van der Waals surface area contributed by atoms with E-state index in [0.717, 1.165) is 71.3 Å². The van der Waals surface area contributed by atoms with Gasteiger partial charge in [-0.15, -0.1) is 0 Å². The van der Waals surface area contributed by atoms with Gasteiger partial charge >= 0.3 is 0 Å². The lowest BCUT2D eigenvalue weighted by molar-refractivity contribution is 0.665. The monoisotopic (exact) mass is 686 g/mol. The Bertz CT molecular complexity index is 3450. The van der Waals surface area contributed by atoms with E-state index in [1.807, 2.05) is 6.07 Å². The number of furan rings is 2. The fraction of sp³-hybridized carbons (Fsp3) is 0. The average Bonchev–Trinajstić information content (AvgIpc) is 3.81. The quantitative estimate of drug-likeness (QED) is 0.173. The lowest BCUT2D eigenvalue weighted by atomic mass is 9.85. The molecule has 250 valence electrons. The summed E-state index contributed by atoms with van der Waals surface area (Å²) >= 11 is 0. The van der Waals surface area contributed by atoms with Crippen LogP contribution in [-0.4, -0.2) is 0 Å². The molecule has 0 amide bonds. The fourth-order valence-electron chi connectivity index (χ4n) is 9.03. The topological polar surface area (TPSA) is 26.3 Å². The van der Waals surface area contributed by atoms with E-state index in [1.165, 1.54) is 49.0 Å². The fourth-order valence-corrected chi connectivity index (χ4v) is 9.03. The molecule has 2 nitrogen and oxygen atoms in total. The van der Waals surface area contributed by atoms with E-state index >= 15 is 0 Å². The van der Waals surface area contributed by atoms with Crippen LogP contribution in [0.15, 0.2) is 191 Å². The third kappa shape index (κ3) is 4.17. The molecule has 0 aliphatic carbocycles. The van der Waals surface area contributed by atoms with Gasteiger partial charge in [0, 0.05) is 32.5 Å². The molecule has 0 N–H and O–H groups in total. The first kappa shape index (κ1) is 29.4. The Hall–Kier alpha value is -7.16. The van der Waals surface area contributed by atoms with Crippen LogP contribution in [0.1, 0.15) is 0 Å². The molecule has 0 bridgehead atoms. The molecular formula is C52H30O2. The minimum Gasteiger partial charge on any atom is -0.455 e. The van der Waals surface area contributed by atoms with Crippen molar-refractivity contribution in [1.29, 1.82) is 0 Å². The molecule has 0 fully saturated rings. The largest absolute Gasteiger partial charge is 0.455 e. The van der Waals surface area contributed by atoms with E-state index in [-0.39, 0.29) is 0 Å². The average molecular weight is 687 g/mol. The van der Waals surface area contributed by atoms with Crippen LogP contribution in [0.25, 0.3) is 120 Å². The van der Waals surface area contributed by atoms with Gasteiger partial charge in [-0.25, -0.2) is 0 Å². The third-order valence-electron chi connectivity index (χ3n) is 11.4. The minimum absolute atomic E-state index is 0.858. The molecule has 2 heterocycles. The molecule has 0 aliphatic heterocycles. The highest BCUT2D eigenvalue weighted by atomic mass is 16.3. The molecule has 0 spiro atoms. The molecule has 0 aliphatic rings. The van der Waals surface area contributed by atoms with Crippen LogP contribution in [0.3, 0.4) is 0 Å². The molecule has 0 atom stereocenters. The van der Waals surface area contributed by atoms with E-state index < -0.39 is 0 Å². The lowest BCUT2D eigenvalue weighted by Gasteiger charge is -2.18. The molecule has 0 unspecified atom stereocenters. The van der Waals surface area contributed by atoms with Crippen LogP contribution >= 0.6 is 0 Å². The standard InChI is InChI=1S/C52H30O2/c1-2-14-33-28-36(25-24-31(33)12-1)48-40-20-7-5-18-38(40)47(39-19-6-8-21-41(39)48)35-16-11-15-34(29-35)44-30-46-49(50-42-22-9-10-23-45(42)53-52(44)50)43-27-26-32-13-3-4-17-37(32)51(43)54-46/h1-30H. The molecule has 10 aromatic carbocycles.